The molecule has 3 saturated heterocycles. The monoisotopic (exact) mass is 534 g/mol. The zero-order chi connectivity index (χ0) is 27.5. The van der Waals surface area contributed by atoms with E-state index in [0.29, 0.717) is 45.0 Å². The van der Waals surface area contributed by atoms with Crippen molar-refractivity contribution in [1.29, 1.82) is 0 Å². The van der Waals surface area contributed by atoms with E-state index in [-0.39, 0.29) is 47.1 Å². The molecule has 216 valence electrons. The molecular formula is C29H50N4O5. The van der Waals surface area contributed by atoms with Crippen LogP contribution in [-0.2, 0) is 23.9 Å². The highest BCUT2D eigenvalue weighted by atomic mass is 16.5. The fraction of sp³-hybridized carbons (Fsp3) is 0.897. The molecule has 3 heterocycles. The summed E-state index contributed by atoms with van der Waals surface area (Å²) in [5.41, 5.74) is 11.0. The summed E-state index contributed by atoms with van der Waals surface area (Å²) in [6, 6.07) is 0.158. The number of hydrogen-bond donors (Lipinski definition) is 2. The van der Waals surface area contributed by atoms with Gasteiger partial charge in [0, 0.05) is 38.3 Å². The van der Waals surface area contributed by atoms with Crippen LogP contribution in [0.1, 0.15) is 85.0 Å². The van der Waals surface area contributed by atoms with Gasteiger partial charge in [0.1, 0.15) is 5.60 Å². The summed E-state index contributed by atoms with van der Waals surface area (Å²) in [5.74, 6) is 0.758. The highest BCUT2D eigenvalue weighted by molar-refractivity contribution is 5.85. The Labute approximate surface area is 228 Å². The Balaban J connectivity index is 0.000000178. The average molecular weight is 535 g/mol. The molecule has 0 aromatic rings. The second-order valence-corrected chi connectivity index (χ2v) is 13.2. The van der Waals surface area contributed by atoms with Crippen LogP contribution in [-0.4, -0.2) is 84.7 Å². The summed E-state index contributed by atoms with van der Waals surface area (Å²) in [6.07, 6.45) is 10.9. The molecule has 4 atom stereocenters. The zero-order valence-electron chi connectivity index (χ0n) is 23.8. The predicted octanol–water partition coefficient (Wildman–Crippen LogP) is 2.45. The highest BCUT2D eigenvalue weighted by Crippen LogP contribution is 2.53. The molecule has 0 radical (unpaired) electrons. The lowest BCUT2D eigenvalue weighted by Gasteiger charge is -2.49. The number of rotatable bonds is 7. The van der Waals surface area contributed by atoms with Crippen molar-refractivity contribution in [3.63, 3.8) is 0 Å². The molecule has 5 rings (SSSR count). The second-order valence-electron chi connectivity index (χ2n) is 13.2. The van der Waals surface area contributed by atoms with Gasteiger partial charge in [-0.05, 0) is 56.8 Å². The molecule has 2 saturated carbocycles. The summed E-state index contributed by atoms with van der Waals surface area (Å²) < 4.78 is 11.6. The van der Waals surface area contributed by atoms with Gasteiger partial charge in [-0.1, -0.05) is 33.1 Å². The number of ether oxygens (including phenoxy) is 2. The van der Waals surface area contributed by atoms with E-state index in [9.17, 15) is 14.4 Å². The first-order valence-electron chi connectivity index (χ1n) is 14.9. The largest absolute Gasteiger partial charge is 0.378 e. The maximum Gasteiger partial charge on any atom is 0.226 e. The minimum atomic E-state index is -0.472. The third-order valence-corrected chi connectivity index (χ3v) is 9.43. The number of piperidine rings is 1. The van der Waals surface area contributed by atoms with Crippen molar-refractivity contribution < 1.29 is 23.9 Å². The molecule has 3 amide bonds. The minimum Gasteiger partial charge on any atom is -0.378 e. The van der Waals surface area contributed by atoms with E-state index >= 15 is 0 Å². The van der Waals surface area contributed by atoms with Crippen LogP contribution < -0.4 is 11.5 Å². The SMILES string of the molecule is CC(CC(=O)N1CCCC(N)C1)OCC1CCCCC1.CC1(C)CC1C(=O)N1CC2(C1)OCCC2C(N)=O. The third-order valence-electron chi connectivity index (χ3n) is 9.43. The maximum absolute atomic E-state index is 12.2. The Bertz CT molecular complexity index is 852. The van der Waals surface area contributed by atoms with Gasteiger partial charge in [-0.2, -0.15) is 0 Å². The molecule has 38 heavy (non-hydrogen) atoms. The number of carbonyl (C=O) groups is 3. The first-order chi connectivity index (χ1) is 18.0. The van der Waals surface area contributed by atoms with Crippen molar-refractivity contribution in [2.75, 3.05) is 39.4 Å². The molecule has 0 bridgehead atoms. The van der Waals surface area contributed by atoms with Crippen LogP contribution >= 0.6 is 0 Å². The summed E-state index contributed by atoms with van der Waals surface area (Å²) >= 11 is 0. The van der Waals surface area contributed by atoms with Crippen LogP contribution in [0.15, 0.2) is 0 Å². The van der Waals surface area contributed by atoms with Crippen LogP contribution in [0.2, 0.25) is 0 Å². The highest BCUT2D eigenvalue weighted by Gasteiger charge is 2.60. The van der Waals surface area contributed by atoms with Crippen LogP contribution in [0.4, 0.5) is 0 Å². The van der Waals surface area contributed by atoms with Crippen molar-refractivity contribution in [2.45, 2.75) is 103 Å². The Kier molecular flexibility index (Phi) is 9.41. The van der Waals surface area contributed by atoms with Gasteiger partial charge in [-0.15, -0.1) is 0 Å². The van der Waals surface area contributed by atoms with Gasteiger partial charge in [0.15, 0.2) is 0 Å². The van der Waals surface area contributed by atoms with E-state index in [1.807, 2.05) is 16.7 Å². The van der Waals surface area contributed by atoms with Gasteiger partial charge in [0.2, 0.25) is 17.7 Å². The number of primary amides is 1. The first kappa shape index (κ1) is 29.3. The molecule has 5 fully saturated rings. The number of carbonyl (C=O) groups excluding carboxylic acids is 3. The second kappa shape index (κ2) is 12.2. The van der Waals surface area contributed by atoms with Gasteiger partial charge in [-0.25, -0.2) is 0 Å². The fourth-order valence-corrected chi connectivity index (χ4v) is 6.65. The van der Waals surface area contributed by atoms with Crippen LogP contribution in [0.3, 0.4) is 0 Å². The Morgan fingerprint density at radius 1 is 1.00 bits per heavy atom. The van der Waals surface area contributed by atoms with Gasteiger partial charge in [0.25, 0.3) is 0 Å². The summed E-state index contributed by atoms with van der Waals surface area (Å²) in [6.45, 7) is 10.3. The normalized spacial score (nSPS) is 30.7. The van der Waals surface area contributed by atoms with Crippen molar-refractivity contribution in [3.05, 3.63) is 0 Å². The third kappa shape index (κ3) is 7.07. The molecule has 2 aliphatic carbocycles. The van der Waals surface area contributed by atoms with Crippen molar-refractivity contribution in [3.8, 4) is 0 Å². The Morgan fingerprint density at radius 2 is 1.68 bits per heavy atom. The summed E-state index contributed by atoms with van der Waals surface area (Å²) in [4.78, 5) is 39.5. The number of amides is 3. The fourth-order valence-electron chi connectivity index (χ4n) is 6.65. The molecule has 0 aromatic carbocycles. The average Bonchev–Trinajstić information content (AvgIpc) is 3.28. The standard InChI is InChI=1S/C16H30N2O2.C13H20N2O3/c1-13(20-12-14-6-3-2-4-7-14)10-16(19)18-9-5-8-15(17)11-18;1-12(2)5-9(12)11(17)15-6-13(7-15)8(10(14)16)3-4-18-13/h13-15H,2-12,17H2,1H3;8-9H,3-7H2,1-2H3,(H2,14,16). The van der Waals surface area contributed by atoms with Crippen LogP contribution in [0.25, 0.3) is 0 Å². The first-order valence-corrected chi connectivity index (χ1v) is 14.9. The van der Waals surface area contributed by atoms with Gasteiger partial charge in [0.05, 0.1) is 31.5 Å². The molecule has 9 nitrogen and oxygen atoms in total. The zero-order valence-corrected chi connectivity index (χ0v) is 23.8. The minimum absolute atomic E-state index is 0.0302. The molecule has 0 aromatic heterocycles. The van der Waals surface area contributed by atoms with Gasteiger partial charge in [-0.3, -0.25) is 14.4 Å². The topological polar surface area (TPSA) is 128 Å². The van der Waals surface area contributed by atoms with Gasteiger partial charge >= 0.3 is 0 Å². The van der Waals surface area contributed by atoms with Gasteiger partial charge < -0.3 is 30.7 Å². The summed E-state index contributed by atoms with van der Waals surface area (Å²) in [7, 11) is 0. The van der Waals surface area contributed by atoms with Crippen LogP contribution in [0, 0.1) is 23.2 Å². The number of likely N-dealkylation sites (tertiary alicyclic amines) is 2. The van der Waals surface area contributed by atoms with E-state index < -0.39 is 5.60 Å². The lowest BCUT2D eigenvalue weighted by Crippen LogP contribution is -2.68. The van der Waals surface area contributed by atoms with E-state index in [2.05, 4.69) is 13.8 Å². The molecule has 4 unspecified atom stereocenters. The van der Waals surface area contributed by atoms with E-state index in [1.165, 1.54) is 32.1 Å². The van der Waals surface area contributed by atoms with Crippen molar-refractivity contribution in [1.82, 2.24) is 9.80 Å². The molecule has 3 aliphatic heterocycles. The quantitative estimate of drug-likeness (QED) is 0.516. The molecule has 5 aliphatic rings. The lowest BCUT2D eigenvalue weighted by atomic mass is 9.80. The van der Waals surface area contributed by atoms with E-state index in [0.717, 1.165) is 32.4 Å². The Hall–Kier alpha value is -1.71. The summed E-state index contributed by atoms with van der Waals surface area (Å²) in [5, 5.41) is 0. The van der Waals surface area contributed by atoms with E-state index in [4.69, 9.17) is 20.9 Å². The molecule has 1 spiro atoms. The van der Waals surface area contributed by atoms with Crippen molar-refractivity contribution in [2.24, 2.45) is 34.6 Å². The van der Waals surface area contributed by atoms with Crippen LogP contribution in [0.5, 0.6) is 0 Å². The Morgan fingerprint density at radius 3 is 2.29 bits per heavy atom. The molecular weight excluding hydrogens is 484 g/mol. The lowest BCUT2D eigenvalue weighted by molar-refractivity contribution is -0.170. The predicted molar refractivity (Wildman–Crippen MR) is 145 cm³/mol. The smallest absolute Gasteiger partial charge is 0.226 e. The number of nitrogens with zero attached hydrogens (tertiary/aromatic N) is 2. The van der Waals surface area contributed by atoms with Crippen molar-refractivity contribution >= 4 is 17.7 Å². The maximum atomic E-state index is 12.2. The molecule has 4 N–H and O–H groups in total. The number of nitrogens with two attached hydrogens (primary N) is 2. The van der Waals surface area contributed by atoms with E-state index in [1.54, 1.807) is 0 Å². The molecule has 9 heteroatoms. The number of hydrogen-bond acceptors (Lipinski definition) is 6.